The number of hydrogen-bond acceptors (Lipinski definition) is 5. The van der Waals surface area contributed by atoms with E-state index in [0.29, 0.717) is 23.2 Å². The number of hydrogen-bond donors (Lipinski definition) is 2. The third-order valence-corrected chi connectivity index (χ3v) is 2.69. The summed E-state index contributed by atoms with van der Waals surface area (Å²) < 4.78 is 6.55. The van der Waals surface area contributed by atoms with Crippen molar-refractivity contribution in [2.24, 2.45) is 0 Å². The monoisotopic (exact) mass is 307 g/mol. The second kappa shape index (κ2) is 6.77. The molecule has 0 fully saturated rings. The fraction of sp³-hybridized carbons (Fsp3) is 0.167. The van der Waals surface area contributed by atoms with Gasteiger partial charge in [-0.15, -0.1) is 0 Å². The van der Waals surface area contributed by atoms with Gasteiger partial charge in [-0.25, -0.2) is 4.68 Å². The van der Waals surface area contributed by atoms with Crippen LogP contribution in [-0.2, 0) is 11.5 Å². The minimum atomic E-state index is -0.454. The molecule has 21 heavy (non-hydrogen) atoms. The number of thiocarbonyl (C=S) groups is 1. The Labute approximate surface area is 125 Å². The van der Waals surface area contributed by atoms with Crippen molar-refractivity contribution in [3.63, 3.8) is 0 Å². The first-order chi connectivity index (χ1) is 10.1. The first-order valence-electron chi connectivity index (χ1n) is 5.92. The van der Waals surface area contributed by atoms with Gasteiger partial charge >= 0.3 is 0 Å². The summed E-state index contributed by atoms with van der Waals surface area (Å²) in [5.74, 6) is 0. The van der Waals surface area contributed by atoms with E-state index in [2.05, 4.69) is 15.7 Å². The molecule has 9 heteroatoms. The van der Waals surface area contributed by atoms with Crippen LogP contribution in [0, 0.1) is 10.1 Å². The summed E-state index contributed by atoms with van der Waals surface area (Å²) in [5, 5.41) is 20.9. The Morgan fingerprint density at radius 2 is 2.05 bits per heavy atom. The third kappa shape index (κ3) is 4.23. The molecule has 2 N–H and O–H groups in total. The summed E-state index contributed by atoms with van der Waals surface area (Å²) in [6, 6.07) is 5.98. The molecular formula is C12H13N5O3S. The van der Waals surface area contributed by atoms with Crippen LogP contribution in [0.15, 0.2) is 36.7 Å². The molecule has 1 aromatic carbocycles. The summed E-state index contributed by atoms with van der Waals surface area (Å²) in [7, 11) is 1.58. The molecule has 1 heterocycles. The third-order valence-electron chi connectivity index (χ3n) is 2.49. The number of anilines is 2. The van der Waals surface area contributed by atoms with E-state index in [1.54, 1.807) is 36.3 Å². The molecule has 0 amide bonds. The zero-order valence-corrected chi connectivity index (χ0v) is 12.0. The van der Waals surface area contributed by atoms with Gasteiger partial charge in [0.2, 0.25) is 0 Å². The summed E-state index contributed by atoms with van der Waals surface area (Å²) in [6.07, 6.45) is 3.36. The van der Waals surface area contributed by atoms with Gasteiger partial charge in [-0.2, -0.15) is 5.10 Å². The molecule has 8 nitrogen and oxygen atoms in total. The normalized spacial score (nSPS) is 10.1. The molecule has 0 aliphatic heterocycles. The van der Waals surface area contributed by atoms with E-state index in [1.807, 2.05) is 0 Å². The van der Waals surface area contributed by atoms with Gasteiger partial charge < -0.3 is 15.4 Å². The van der Waals surface area contributed by atoms with E-state index in [1.165, 1.54) is 12.1 Å². The SMILES string of the molecule is COCn1cc(NC(=S)Nc2ccc([N+](=O)[O-])cc2)cn1. The van der Waals surface area contributed by atoms with Crippen LogP contribution in [0.2, 0.25) is 0 Å². The standard InChI is InChI=1S/C12H13N5O3S/c1-20-8-16-7-10(6-13-16)15-12(21)14-9-2-4-11(5-3-9)17(18)19/h2-7H,8H2,1H3,(H2,14,15,21). The van der Waals surface area contributed by atoms with Crippen LogP contribution in [-0.4, -0.2) is 26.9 Å². The number of methoxy groups -OCH3 is 1. The van der Waals surface area contributed by atoms with Gasteiger partial charge in [-0.1, -0.05) is 0 Å². The Morgan fingerprint density at radius 3 is 2.67 bits per heavy atom. The average molecular weight is 307 g/mol. The minimum absolute atomic E-state index is 0.0280. The number of non-ortho nitro benzene ring substituents is 1. The zero-order valence-electron chi connectivity index (χ0n) is 11.1. The van der Waals surface area contributed by atoms with E-state index in [4.69, 9.17) is 17.0 Å². The number of rotatable bonds is 5. The molecule has 0 unspecified atom stereocenters. The Balaban J connectivity index is 1.92. The number of nitrogens with one attached hydrogen (secondary N) is 2. The molecule has 0 saturated carbocycles. The molecule has 110 valence electrons. The van der Waals surface area contributed by atoms with E-state index in [-0.39, 0.29) is 5.69 Å². The van der Waals surface area contributed by atoms with Crippen LogP contribution in [0.5, 0.6) is 0 Å². The highest BCUT2D eigenvalue weighted by Gasteiger charge is 2.05. The number of nitro benzene ring substituents is 1. The quantitative estimate of drug-likeness (QED) is 0.497. The van der Waals surface area contributed by atoms with E-state index < -0.39 is 4.92 Å². The summed E-state index contributed by atoms with van der Waals surface area (Å²) in [4.78, 5) is 10.1. The van der Waals surface area contributed by atoms with Crippen LogP contribution in [0.4, 0.5) is 17.1 Å². The summed E-state index contributed by atoms with van der Waals surface area (Å²) in [6.45, 7) is 0.351. The van der Waals surface area contributed by atoms with Gasteiger partial charge in [0.05, 0.1) is 23.0 Å². The number of nitro groups is 1. The Hall–Kier alpha value is -2.52. The largest absolute Gasteiger partial charge is 0.362 e. The maximum atomic E-state index is 10.6. The molecular weight excluding hydrogens is 294 g/mol. The van der Waals surface area contributed by atoms with Crippen LogP contribution >= 0.6 is 12.2 Å². The van der Waals surface area contributed by atoms with Crippen molar-refractivity contribution in [1.29, 1.82) is 0 Å². The second-order valence-corrected chi connectivity index (χ2v) is 4.48. The van der Waals surface area contributed by atoms with Crippen LogP contribution < -0.4 is 10.6 Å². The lowest BCUT2D eigenvalue weighted by atomic mass is 10.3. The Morgan fingerprint density at radius 1 is 1.38 bits per heavy atom. The number of benzene rings is 1. The van der Waals surface area contributed by atoms with E-state index >= 15 is 0 Å². The van der Waals surface area contributed by atoms with Gasteiger partial charge in [0.1, 0.15) is 6.73 Å². The Kier molecular flexibility index (Phi) is 4.80. The fourth-order valence-electron chi connectivity index (χ4n) is 1.59. The van der Waals surface area contributed by atoms with Gasteiger partial charge in [0, 0.05) is 24.9 Å². The second-order valence-electron chi connectivity index (χ2n) is 4.07. The number of nitrogens with zero attached hydrogens (tertiary/aromatic N) is 3. The van der Waals surface area contributed by atoms with Crippen molar-refractivity contribution < 1.29 is 9.66 Å². The molecule has 0 aliphatic rings. The maximum absolute atomic E-state index is 10.6. The van der Waals surface area contributed by atoms with Crippen LogP contribution in [0.25, 0.3) is 0 Å². The lowest BCUT2D eigenvalue weighted by molar-refractivity contribution is -0.384. The first kappa shape index (κ1) is 14.9. The maximum Gasteiger partial charge on any atom is 0.269 e. The number of aromatic nitrogens is 2. The molecule has 0 radical (unpaired) electrons. The summed E-state index contributed by atoms with van der Waals surface area (Å²) in [5.41, 5.74) is 1.40. The molecule has 1 aromatic heterocycles. The highest BCUT2D eigenvalue weighted by molar-refractivity contribution is 7.80. The molecule has 0 spiro atoms. The fourth-order valence-corrected chi connectivity index (χ4v) is 1.83. The van der Waals surface area contributed by atoms with Gasteiger partial charge in [-0.3, -0.25) is 10.1 Å². The van der Waals surface area contributed by atoms with Crippen molar-refractivity contribution in [3.8, 4) is 0 Å². The zero-order chi connectivity index (χ0) is 15.2. The lowest BCUT2D eigenvalue weighted by Crippen LogP contribution is -2.18. The van der Waals surface area contributed by atoms with Crippen molar-refractivity contribution in [3.05, 3.63) is 46.8 Å². The highest BCUT2D eigenvalue weighted by atomic mass is 32.1. The van der Waals surface area contributed by atoms with Crippen molar-refractivity contribution >= 4 is 34.4 Å². The van der Waals surface area contributed by atoms with Crippen LogP contribution in [0.1, 0.15) is 0 Å². The van der Waals surface area contributed by atoms with Gasteiger partial charge in [0.15, 0.2) is 5.11 Å². The Bertz CT molecular complexity index is 641. The molecule has 2 aromatic rings. The lowest BCUT2D eigenvalue weighted by Gasteiger charge is -2.08. The van der Waals surface area contributed by atoms with Crippen molar-refractivity contribution in [2.45, 2.75) is 6.73 Å². The topological polar surface area (TPSA) is 94.2 Å². The van der Waals surface area contributed by atoms with Crippen molar-refractivity contribution in [2.75, 3.05) is 17.7 Å². The predicted octanol–water partition coefficient (Wildman–Crippen LogP) is 2.20. The molecule has 0 atom stereocenters. The predicted molar refractivity (Wildman–Crippen MR) is 82.2 cm³/mol. The van der Waals surface area contributed by atoms with Gasteiger partial charge in [-0.05, 0) is 24.4 Å². The summed E-state index contributed by atoms with van der Waals surface area (Å²) >= 11 is 5.15. The average Bonchev–Trinajstić information content (AvgIpc) is 2.87. The van der Waals surface area contributed by atoms with Crippen LogP contribution in [0.3, 0.4) is 0 Å². The molecule has 0 bridgehead atoms. The minimum Gasteiger partial charge on any atom is -0.362 e. The highest BCUT2D eigenvalue weighted by Crippen LogP contribution is 2.15. The number of ether oxygens (including phenoxy) is 1. The van der Waals surface area contributed by atoms with Crippen molar-refractivity contribution in [1.82, 2.24) is 9.78 Å². The molecule has 2 rings (SSSR count). The molecule has 0 saturated heterocycles. The molecule has 0 aliphatic carbocycles. The van der Waals surface area contributed by atoms with E-state index in [0.717, 1.165) is 0 Å². The van der Waals surface area contributed by atoms with Gasteiger partial charge in [0.25, 0.3) is 5.69 Å². The van der Waals surface area contributed by atoms with E-state index in [9.17, 15) is 10.1 Å². The smallest absolute Gasteiger partial charge is 0.269 e. The first-order valence-corrected chi connectivity index (χ1v) is 6.33.